The largest absolute Gasteiger partial charge is 0.507 e. The van der Waals surface area contributed by atoms with Crippen LogP contribution in [0.25, 0.3) is 5.76 Å². The van der Waals surface area contributed by atoms with Crippen molar-refractivity contribution in [2.24, 2.45) is 0 Å². The van der Waals surface area contributed by atoms with Crippen molar-refractivity contribution in [1.29, 1.82) is 0 Å². The lowest BCUT2D eigenvalue weighted by Gasteiger charge is -2.27. The fraction of sp³-hybridized carbons (Fsp3) is 0.148. The lowest BCUT2D eigenvalue weighted by Crippen LogP contribution is -2.29. The molecule has 0 saturated carbocycles. The van der Waals surface area contributed by atoms with Crippen LogP contribution in [0, 0.1) is 0 Å². The highest BCUT2D eigenvalue weighted by Gasteiger charge is 2.47. The number of methoxy groups -OCH3 is 2. The van der Waals surface area contributed by atoms with Gasteiger partial charge in [-0.05, 0) is 35.9 Å². The Labute approximate surface area is 222 Å². The second-order valence-corrected chi connectivity index (χ2v) is 8.98. The van der Waals surface area contributed by atoms with Crippen LogP contribution >= 0.6 is 23.2 Å². The number of likely N-dealkylation sites (tertiary alicyclic amines) is 1. The molecule has 1 saturated heterocycles. The van der Waals surface area contributed by atoms with Gasteiger partial charge in [0.15, 0.2) is 0 Å². The Morgan fingerprint density at radius 1 is 0.973 bits per heavy atom. The van der Waals surface area contributed by atoms with E-state index in [1.807, 2.05) is 0 Å². The molecule has 1 heterocycles. The maximum Gasteiger partial charge on any atom is 0.335 e. The summed E-state index contributed by atoms with van der Waals surface area (Å²) in [5.41, 5.74) is 0.962. The average molecular weight is 542 g/mol. The summed E-state index contributed by atoms with van der Waals surface area (Å²) in [6, 6.07) is 14.5. The number of carbonyl (C=O) groups excluding carboxylic acids is 2. The van der Waals surface area contributed by atoms with E-state index < -0.39 is 29.5 Å². The molecular formula is C27H21Cl2NO7. The number of carbonyl (C=O) groups is 3. The number of ether oxygens (including phenoxy) is 2. The third-order valence-corrected chi connectivity index (χ3v) is 6.49. The van der Waals surface area contributed by atoms with Gasteiger partial charge in [-0.1, -0.05) is 53.5 Å². The van der Waals surface area contributed by atoms with Crippen LogP contribution in [0.5, 0.6) is 11.5 Å². The smallest absolute Gasteiger partial charge is 0.335 e. The van der Waals surface area contributed by atoms with Crippen LogP contribution in [0.2, 0.25) is 10.0 Å². The Bertz CT molecular complexity index is 1430. The quantitative estimate of drug-likeness (QED) is 0.236. The van der Waals surface area contributed by atoms with E-state index in [0.717, 1.165) is 0 Å². The number of carboxylic acid groups (broad SMARTS) is 1. The monoisotopic (exact) mass is 541 g/mol. The van der Waals surface area contributed by atoms with Gasteiger partial charge in [-0.3, -0.25) is 9.59 Å². The van der Waals surface area contributed by atoms with Crippen LogP contribution in [0.1, 0.15) is 33.1 Å². The lowest BCUT2D eigenvalue weighted by atomic mass is 9.94. The summed E-state index contributed by atoms with van der Waals surface area (Å²) in [4.78, 5) is 39.2. The molecule has 0 aromatic heterocycles. The fourth-order valence-electron chi connectivity index (χ4n) is 4.30. The van der Waals surface area contributed by atoms with E-state index in [2.05, 4.69) is 0 Å². The molecule has 1 unspecified atom stereocenters. The zero-order valence-corrected chi connectivity index (χ0v) is 21.2. The van der Waals surface area contributed by atoms with Crippen molar-refractivity contribution in [2.75, 3.05) is 14.2 Å². The molecule has 2 N–H and O–H groups in total. The second kappa shape index (κ2) is 10.5. The summed E-state index contributed by atoms with van der Waals surface area (Å²) in [5.74, 6) is -2.91. The van der Waals surface area contributed by atoms with Crippen molar-refractivity contribution >= 4 is 46.6 Å². The molecule has 8 nitrogen and oxygen atoms in total. The maximum atomic E-state index is 13.4. The van der Waals surface area contributed by atoms with Gasteiger partial charge >= 0.3 is 5.97 Å². The number of rotatable bonds is 7. The zero-order chi connectivity index (χ0) is 26.9. The van der Waals surface area contributed by atoms with Crippen molar-refractivity contribution in [3.05, 3.63) is 98.5 Å². The standard InChI is InChI=1S/C27H21Cl2NO7/c1-36-20-6-4-3-5-17(20)22-21(23(31)18-11-16(28)12-19(29)25(18)37-2)24(32)26(33)30(22)13-14-7-9-15(10-8-14)27(34)35/h3-12,22,31H,13H2,1-2H3,(H,34,35)/b23-21+. The van der Waals surface area contributed by atoms with Crippen LogP contribution < -0.4 is 9.47 Å². The SMILES string of the molecule is COc1ccccc1C1/C(=C(\O)c2cc(Cl)cc(Cl)c2OC)C(=O)C(=O)N1Cc1ccc(C(=O)O)cc1. The zero-order valence-electron chi connectivity index (χ0n) is 19.7. The Hall–Kier alpha value is -4.01. The summed E-state index contributed by atoms with van der Waals surface area (Å²) in [5, 5.41) is 20.9. The molecule has 1 aliphatic rings. The Kier molecular flexibility index (Phi) is 7.42. The molecule has 0 aliphatic carbocycles. The number of aliphatic hydroxyl groups excluding tert-OH is 1. The molecule has 1 atom stereocenters. The minimum atomic E-state index is -1.09. The predicted molar refractivity (Wildman–Crippen MR) is 137 cm³/mol. The van der Waals surface area contributed by atoms with E-state index in [1.54, 1.807) is 36.4 Å². The van der Waals surface area contributed by atoms with Gasteiger partial charge < -0.3 is 24.6 Å². The van der Waals surface area contributed by atoms with Crippen LogP contribution in [0.4, 0.5) is 0 Å². The molecular weight excluding hydrogens is 521 g/mol. The Morgan fingerprint density at radius 2 is 1.65 bits per heavy atom. The summed E-state index contributed by atoms with van der Waals surface area (Å²) in [6.07, 6.45) is 0. The van der Waals surface area contributed by atoms with Crippen molar-refractivity contribution in [1.82, 2.24) is 4.90 Å². The molecule has 0 bridgehead atoms. The normalized spacial score (nSPS) is 16.6. The molecule has 1 aliphatic heterocycles. The molecule has 3 aromatic rings. The number of hydrogen-bond acceptors (Lipinski definition) is 6. The maximum absolute atomic E-state index is 13.4. The topological polar surface area (TPSA) is 113 Å². The number of halogens is 2. The van der Waals surface area contributed by atoms with Gasteiger partial charge in [0.05, 0.1) is 42.0 Å². The van der Waals surface area contributed by atoms with Crippen molar-refractivity contribution in [3.8, 4) is 11.5 Å². The minimum absolute atomic E-state index is 0.0442. The van der Waals surface area contributed by atoms with Crippen LogP contribution in [-0.4, -0.2) is 47.0 Å². The van der Waals surface area contributed by atoms with E-state index in [9.17, 15) is 24.6 Å². The third kappa shape index (κ3) is 4.85. The van der Waals surface area contributed by atoms with Gasteiger partial charge in [-0.15, -0.1) is 0 Å². The predicted octanol–water partition coefficient (Wildman–Crippen LogP) is 5.33. The highest BCUT2D eigenvalue weighted by molar-refractivity contribution is 6.46. The summed E-state index contributed by atoms with van der Waals surface area (Å²) in [6.45, 7) is -0.0442. The van der Waals surface area contributed by atoms with Gasteiger partial charge in [0.2, 0.25) is 0 Å². The Morgan fingerprint density at radius 3 is 2.27 bits per heavy atom. The number of aliphatic hydroxyl groups is 1. The molecule has 190 valence electrons. The Balaban J connectivity index is 1.92. The van der Waals surface area contributed by atoms with Crippen LogP contribution in [-0.2, 0) is 16.1 Å². The van der Waals surface area contributed by atoms with E-state index in [0.29, 0.717) is 16.9 Å². The number of hydrogen-bond donors (Lipinski definition) is 2. The van der Waals surface area contributed by atoms with E-state index in [1.165, 1.54) is 43.4 Å². The van der Waals surface area contributed by atoms with Gasteiger partial charge in [0.25, 0.3) is 11.7 Å². The van der Waals surface area contributed by atoms with E-state index >= 15 is 0 Å². The molecule has 1 fully saturated rings. The first-order chi connectivity index (χ1) is 17.7. The summed E-state index contributed by atoms with van der Waals surface area (Å²) >= 11 is 12.4. The number of carboxylic acids is 1. The first-order valence-corrected chi connectivity index (χ1v) is 11.7. The molecule has 10 heteroatoms. The highest BCUT2D eigenvalue weighted by Crippen LogP contribution is 2.45. The van der Waals surface area contributed by atoms with Gasteiger partial charge in [-0.2, -0.15) is 0 Å². The summed E-state index contributed by atoms with van der Waals surface area (Å²) < 4.78 is 10.8. The fourth-order valence-corrected chi connectivity index (χ4v) is 4.87. The number of nitrogens with zero attached hydrogens (tertiary/aromatic N) is 1. The number of ketones is 1. The molecule has 3 aromatic carbocycles. The van der Waals surface area contributed by atoms with Gasteiger partial charge in [0.1, 0.15) is 17.3 Å². The van der Waals surface area contributed by atoms with Gasteiger partial charge in [0, 0.05) is 17.1 Å². The van der Waals surface area contributed by atoms with Crippen LogP contribution in [0.3, 0.4) is 0 Å². The average Bonchev–Trinajstić information content (AvgIpc) is 3.12. The number of para-hydroxylation sites is 1. The summed E-state index contributed by atoms with van der Waals surface area (Å²) in [7, 11) is 2.80. The van der Waals surface area contributed by atoms with Crippen molar-refractivity contribution in [2.45, 2.75) is 12.6 Å². The lowest BCUT2D eigenvalue weighted by molar-refractivity contribution is -0.140. The van der Waals surface area contributed by atoms with Gasteiger partial charge in [-0.25, -0.2) is 4.79 Å². The minimum Gasteiger partial charge on any atom is -0.507 e. The van der Waals surface area contributed by atoms with Crippen LogP contribution in [0.15, 0.2) is 66.2 Å². The number of aromatic carboxylic acids is 1. The van der Waals surface area contributed by atoms with Crippen molar-refractivity contribution in [3.63, 3.8) is 0 Å². The number of amides is 1. The van der Waals surface area contributed by atoms with Crippen molar-refractivity contribution < 1.29 is 34.1 Å². The highest BCUT2D eigenvalue weighted by atomic mass is 35.5. The second-order valence-electron chi connectivity index (χ2n) is 8.14. The molecule has 4 rings (SSSR count). The molecule has 1 amide bonds. The number of Topliss-reactive ketones (excluding diaryl/α,β-unsaturated/α-hetero) is 1. The first kappa shape index (κ1) is 26.1. The molecule has 0 radical (unpaired) electrons. The molecule has 0 spiro atoms. The van der Waals surface area contributed by atoms with E-state index in [-0.39, 0.29) is 39.0 Å². The molecule has 37 heavy (non-hydrogen) atoms. The number of benzene rings is 3. The first-order valence-electron chi connectivity index (χ1n) is 10.9. The third-order valence-electron chi connectivity index (χ3n) is 5.99. The van der Waals surface area contributed by atoms with E-state index in [4.69, 9.17) is 32.7 Å².